The first kappa shape index (κ1) is 16.1. The van der Waals surface area contributed by atoms with Crippen LogP contribution in [0.2, 0.25) is 0 Å². The van der Waals surface area contributed by atoms with Crippen LogP contribution < -0.4 is 0 Å². The van der Waals surface area contributed by atoms with Gasteiger partial charge in [0.1, 0.15) is 0 Å². The lowest BCUT2D eigenvalue weighted by Crippen LogP contribution is -2.00. The molecule has 0 aliphatic carbocycles. The van der Waals surface area contributed by atoms with Crippen LogP contribution in [0.5, 0.6) is 0 Å². The molecule has 0 spiro atoms. The fourth-order valence-electron chi connectivity index (χ4n) is 2.06. The Labute approximate surface area is 104 Å². The van der Waals surface area contributed by atoms with E-state index in [-0.39, 0.29) is 11.5 Å². The fourth-order valence-corrected chi connectivity index (χ4v) is 2.06. The molecule has 1 aliphatic rings. The molecule has 0 bridgehead atoms. The fraction of sp³-hybridized carbons (Fsp3) is 0.923. The summed E-state index contributed by atoms with van der Waals surface area (Å²) in [4.78, 5) is 0. The summed E-state index contributed by atoms with van der Waals surface area (Å²) in [7, 11) is 0. The van der Waals surface area contributed by atoms with E-state index < -0.39 is 0 Å². The Balaban J connectivity index is 0.00000256. The van der Waals surface area contributed by atoms with Crippen molar-refractivity contribution in [1.82, 2.24) is 0 Å². The van der Waals surface area contributed by atoms with Gasteiger partial charge in [0, 0.05) is 0 Å². The van der Waals surface area contributed by atoms with Crippen LogP contribution >= 0.6 is 0 Å². The number of rotatable bonds is 0. The van der Waals surface area contributed by atoms with Crippen LogP contribution in [0.3, 0.4) is 0 Å². The minimum atomic E-state index is -0.192. The second-order valence-electron chi connectivity index (χ2n) is 4.60. The third kappa shape index (κ3) is 8.82. The van der Waals surface area contributed by atoms with Gasteiger partial charge in [-0.25, -0.2) is 0 Å². The van der Waals surface area contributed by atoms with Gasteiger partial charge in [0.15, 0.2) is 6.04 Å². The van der Waals surface area contributed by atoms with Gasteiger partial charge in [-0.1, -0.05) is 51.4 Å². The standard InChI is InChI=1S/C13H23N3.H2O/c14-12-13-10-8-6-4-2-1-3-5-7-9-11-15-16-13;/h13H,1-11H2;1H2. The van der Waals surface area contributed by atoms with Gasteiger partial charge in [0.2, 0.25) is 0 Å². The molecular weight excluding hydrogens is 214 g/mol. The van der Waals surface area contributed by atoms with Crippen molar-refractivity contribution >= 4 is 0 Å². The van der Waals surface area contributed by atoms with E-state index in [2.05, 4.69) is 16.3 Å². The summed E-state index contributed by atoms with van der Waals surface area (Å²) < 4.78 is 0. The summed E-state index contributed by atoms with van der Waals surface area (Å²) >= 11 is 0. The Hall–Kier alpha value is -0.950. The minimum absolute atomic E-state index is 0. The first-order valence-electron chi connectivity index (χ1n) is 6.69. The van der Waals surface area contributed by atoms with Crippen LogP contribution in [-0.4, -0.2) is 18.1 Å². The summed E-state index contributed by atoms with van der Waals surface area (Å²) in [6.07, 6.45) is 12.4. The number of nitriles is 1. The quantitative estimate of drug-likeness (QED) is 0.637. The first-order chi connectivity index (χ1) is 7.93. The molecule has 0 saturated carbocycles. The molecule has 4 heteroatoms. The maximum absolute atomic E-state index is 8.89. The van der Waals surface area contributed by atoms with E-state index in [9.17, 15) is 0 Å². The van der Waals surface area contributed by atoms with Crippen molar-refractivity contribution in [3.8, 4) is 6.07 Å². The lowest BCUT2D eigenvalue weighted by atomic mass is 10.0. The molecule has 1 aliphatic heterocycles. The Morgan fingerprint density at radius 2 is 1.35 bits per heavy atom. The zero-order chi connectivity index (χ0) is 11.5. The molecule has 1 unspecified atom stereocenters. The van der Waals surface area contributed by atoms with Crippen LogP contribution in [-0.2, 0) is 0 Å². The highest BCUT2D eigenvalue weighted by Crippen LogP contribution is 2.13. The van der Waals surface area contributed by atoms with E-state index in [1.54, 1.807) is 0 Å². The maximum atomic E-state index is 8.89. The molecule has 0 aromatic carbocycles. The Bertz CT molecular complexity index is 235. The van der Waals surface area contributed by atoms with E-state index in [0.29, 0.717) is 0 Å². The average Bonchev–Trinajstić information content (AvgIpc) is 2.32. The van der Waals surface area contributed by atoms with E-state index in [1.807, 2.05) is 0 Å². The largest absolute Gasteiger partial charge is 0.412 e. The molecule has 17 heavy (non-hydrogen) atoms. The molecule has 0 saturated heterocycles. The monoisotopic (exact) mass is 239 g/mol. The van der Waals surface area contributed by atoms with Crippen molar-refractivity contribution in [2.24, 2.45) is 10.2 Å². The number of nitrogens with zero attached hydrogens (tertiary/aromatic N) is 3. The van der Waals surface area contributed by atoms with E-state index in [4.69, 9.17) is 5.26 Å². The van der Waals surface area contributed by atoms with Crippen LogP contribution in [0.4, 0.5) is 0 Å². The van der Waals surface area contributed by atoms with E-state index >= 15 is 0 Å². The second-order valence-corrected chi connectivity index (χ2v) is 4.60. The van der Waals surface area contributed by atoms with Gasteiger partial charge < -0.3 is 5.48 Å². The third-order valence-electron chi connectivity index (χ3n) is 3.11. The minimum Gasteiger partial charge on any atom is -0.412 e. The van der Waals surface area contributed by atoms with Crippen LogP contribution in [0.25, 0.3) is 0 Å². The van der Waals surface area contributed by atoms with Crippen molar-refractivity contribution in [2.45, 2.75) is 70.3 Å². The lowest BCUT2D eigenvalue weighted by molar-refractivity contribution is 0.529. The molecule has 1 heterocycles. The smallest absolute Gasteiger partial charge is 0.157 e. The zero-order valence-corrected chi connectivity index (χ0v) is 10.7. The molecule has 0 aromatic heterocycles. The molecule has 0 fully saturated rings. The molecule has 0 amide bonds. The summed E-state index contributed by atoms with van der Waals surface area (Å²) in [5, 5.41) is 17.1. The summed E-state index contributed by atoms with van der Waals surface area (Å²) in [6, 6.07) is 2.03. The van der Waals surface area contributed by atoms with Crippen LogP contribution in [0.1, 0.15) is 64.2 Å². The Morgan fingerprint density at radius 1 is 0.824 bits per heavy atom. The second kappa shape index (κ2) is 11.5. The van der Waals surface area contributed by atoms with Gasteiger partial charge in [0.25, 0.3) is 0 Å². The molecular formula is C13H25N3O. The summed E-state index contributed by atoms with van der Waals surface area (Å²) in [5.41, 5.74) is 0. The highest BCUT2D eigenvalue weighted by molar-refractivity contribution is 4.88. The first-order valence-corrected chi connectivity index (χ1v) is 6.69. The molecule has 2 N–H and O–H groups in total. The predicted molar refractivity (Wildman–Crippen MR) is 68.9 cm³/mol. The van der Waals surface area contributed by atoms with E-state index in [0.717, 1.165) is 25.8 Å². The Morgan fingerprint density at radius 3 is 1.94 bits per heavy atom. The van der Waals surface area contributed by atoms with Gasteiger partial charge in [-0.15, -0.1) is 0 Å². The normalized spacial score (nSPS) is 24.1. The number of hydrogen-bond acceptors (Lipinski definition) is 3. The summed E-state index contributed by atoms with van der Waals surface area (Å²) in [5.74, 6) is 0. The van der Waals surface area contributed by atoms with Gasteiger partial charge in [-0.3, -0.25) is 0 Å². The van der Waals surface area contributed by atoms with Gasteiger partial charge >= 0.3 is 0 Å². The predicted octanol–water partition coefficient (Wildman–Crippen LogP) is 3.42. The van der Waals surface area contributed by atoms with Gasteiger partial charge in [-0.05, 0) is 12.8 Å². The number of azo groups is 1. The van der Waals surface area contributed by atoms with Crippen molar-refractivity contribution < 1.29 is 5.48 Å². The average molecular weight is 239 g/mol. The van der Waals surface area contributed by atoms with Crippen molar-refractivity contribution in [3.05, 3.63) is 0 Å². The Kier molecular flexibility index (Phi) is 10.9. The maximum Gasteiger partial charge on any atom is 0.157 e. The van der Waals surface area contributed by atoms with Gasteiger partial charge in [0.05, 0.1) is 12.6 Å². The molecule has 1 rings (SSSR count). The third-order valence-corrected chi connectivity index (χ3v) is 3.11. The van der Waals surface area contributed by atoms with Crippen molar-refractivity contribution in [1.29, 1.82) is 5.26 Å². The summed E-state index contributed by atoms with van der Waals surface area (Å²) in [6.45, 7) is 0.804. The zero-order valence-electron chi connectivity index (χ0n) is 10.7. The molecule has 0 radical (unpaired) electrons. The highest BCUT2D eigenvalue weighted by Gasteiger charge is 2.04. The molecule has 1 atom stereocenters. The highest BCUT2D eigenvalue weighted by atomic mass is 16.0. The molecule has 4 nitrogen and oxygen atoms in total. The molecule has 0 aromatic rings. The van der Waals surface area contributed by atoms with Crippen LogP contribution in [0.15, 0.2) is 10.2 Å². The number of hydrogen-bond donors (Lipinski definition) is 0. The lowest BCUT2D eigenvalue weighted by Gasteiger charge is -2.05. The SMILES string of the molecule is N#CC1CCCCCCCCCCCN=N1.O. The van der Waals surface area contributed by atoms with Crippen molar-refractivity contribution in [2.75, 3.05) is 6.54 Å². The van der Waals surface area contributed by atoms with Gasteiger partial charge in [-0.2, -0.15) is 15.5 Å². The van der Waals surface area contributed by atoms with E-state index in [1.165, 1.54) is 44.9 Å². The molecule has 98 valence electrons. The van der Waals surface area contributed by atoms with Crippen molar-refractivity contribution in [3.63, 3.8) is 0 Å². The van der Waals surface area contributed by atoms with Crippen LogP contribution in [0, 0.1) is 11.3 Å². The topological polar surface area (TPSA) is 80.0 Å².